The molecule has 1 amide bonds. The largest absolute Gasteiger partial charge is 0.472 e. The molecule has 0 radical (unpaired) electrons. The topological polar surface area (TPSA) is 105 Å². The number of nitrogens with one attached hydrogen (secondary N) is 1. The van der Waals surface area contributed by atoms with E-state index in [2.05, 4.69) is 55.6 Å². The Labute approximate surface area is 505 Å². The van der Waals surface area contributed by atoms with Gasteiger partial charge in [-0.05, 0) is 57.8 Å². The molecular weight excluding hydrogens is 1020 g/mol. The molecule has 0 aromatic rings. The molecule has 0 fully saturated rings. The van der Waals surface area contributed by atoms with E-state index in [-0.39, 0.29) is 19.1 Å². The summed E-state index contributed by atoms with van der Waals surface area (Å²) < 4.78 is 23.8. The highest BCUT2D eigenvalue weighted by atomic mass is 31.2. The van der Waals surface area contributed by atoms with Gasteiger partial charge < -0.3 is 19.8 Å². The average Bonchev–Trinajstić information content (AvgIpc) is 3.43. The number of carbonyl (C=O) groups excluding carboxylic acids is 1. The number of amides is 1. The van der Waals surface area contributed by atoms with Crippen LogP contribution in [0.3, 0.4) is 0 Å². The lowest BCUT2D eigenvalue weighted by atomic mass is 10.0. The third kappa shape index (κ3) is 65.9. The zero-order valence-corrected chi connectivity index (χ0v) is 55.7. The molecule has 8 nitrogen and oxygen atoms in total. The van der Waals surface area contributed by atoms with Crippen LogP contribution in [0, 0.1) is 0 Å². The second-order valence-electron chi connectivity index (χ2n) is 25.6. The molecule has 0 bridgehead atoms. The summed E-state index contributed by atoms with van der Waals surface area (Å²) in [6, 6.07) is -0.847. The van der Waals surface area contributed by atoms with Gasteiger partial charge in [0.15, 0.2) is 0 Å². The van der Waals surface area contributed by atoms with Crippen LogP contribution in [0.5, 0.6) is 0 Å². The highest BCUT2D eigenvalue weighted by molar-refractivity contribution is 7.47. The lowest BCUT2D eigenvalue weighted by molar-refractivity contribution is -0.870. The van der Waals surface area contributed by atoms with Crippen molar-refractivity contribution < 1.29 is 32.9 Å². The molecule has 0 aromatic heterocycles. The molecule has 3 unspecified atom stereocenters. The molecular formula is C72H140N2O6P+. The van der Waals surface area contributed by atoms with E-state index in [9.17, 15) is 19.4 Å². The van der Waals surface area contributed by atoms with E-state index < -0.39 is 20.0 Å². The lowest BCUT2D eigenvalue weighted by Crippen LogP contribution is -2.45. The van der Waals surface area contributed by atoms with E-state index in [1.807, 2.05) is 27.2 Å². The first-order valence-electron chi connectivity index (χ1n) is 35.5. The van der Waals surface area contributed by atoms with Crippen LogP contribution in [0.4, 0.5) is 0 Å². The van der Waals surface area contributed by atoms with Gasteiger partial charge in [0.05, 0.1) is 39.9 Å². The van der Waals surface area contributed by atoms with Gasteiger partial charge in [-0.3, -0.25) is 13.8 Å². The summed E-state index contributed by atoms with van der Waals surface area (Å²) in [5, 5.41) is 14.0. The van der Waals surface area contributed by atoms with E-state index in [4.69, 9.17) is 9.05 Å². The second kappa shape index (κ2) is 63.0. The second-order valence-corrected chi connectivity index (χ2v) is 27.1. The Morgan fingerprint density at radius 3 is 1.02 bits per heavy atom. The van der Waals surface area contributed by atoms with Crippen LogP contribution in [0.2, 0.25) is 0 Å². The minimum atomic E-state index is -4.35. The Balaban J connectivity index is 3.98. The van der Waals surface area contributed by atoms with Crippen molar-refractivity contribution in [3.63, 3.8) is 0 Å². The lowest BCUT2D eigenvalue weighted by Gasteiger charge is -2.25. The van der Waals surface area contributed by atoms with Crippen molar-refractivity contribution >= 4 is 13.7 Å². The SMILES string of the molecule is CCCCCCC/C=C\C/C=C\C/C=C\CCCCCCCCCCCCCCCCCCCCCCCCC(=O)NC(COP(=O)(O)OCC[N+](C)(C)C)C(O)/C=C/CCCCCCCCCCCCCCCCCCCCCC. The molecule has 3 N–H and O–H groups in total. The molecule has 0 aliphatic carbocycles. The summed E-state index contributed by atoms with van der Waals surface area (Å²) >= 11 is 0. The highest BCUT2D eigenvalue weighted by Crippen LogP contribution is 2.43. The van der Waals surface area contributed by atoms with Gasteiger partial charge in [-0.2, -0.15) is 0 Å². The Bertz CT molecular complexity index is 1460. The van der Waals surface area contributed by atoms with E-state index in [0.29, 0.717) is 17.4 Å². The molecule has 478 valence electrons. The Hall–Kier alpha value is -1.54. The predicted octanol–water partition coefficient (Wildman–Crippen LogP) is 22.6. The number of aliphatic hydroxyl groups is 1. The number of quaternary nitrogens is 1. The van der Waals surface area contributed by atoms with Crippen molar-refractivity contribution in [3.05, 3.63) is 48.6 Å². The zero-order valence-electron chi connectivity index (χ0n) is 54.8. The fraction of sp³-hybridized carbons (Fsp3) is 0.875. The van der Waals surface area contributed by atoms with Crippen molar-refractivity contribution in [2.24, 2.45) is 0 Å². The van der Waals surface area contributed by atoms with Gasteiger partial charge in [-0.1, -0.05) is 339 Å². The van der Waals surface area contributed by atoms with Crippen molar-refractivity contribution in [2.45, 2.75) is 366 Å². The molecule has 0 spiro atoms. The van der Waals surface area contributed by atoms with Crippen LogP contribution in [0.25, 0.3) is 0 Å². The Morgan fingerprint density at radius 2 is 0.704 bits per heavy atom. The van der Waals surface area contributed by atoms with Gasteiger partial charge >= 0.3 is 7.82 Å². The van der Waals surface area contributed by atoms with Crippen molar-refractivity contribution in [2.75, 3.05) is 40.9 Å². The summed E-state index contributed by atoms with van der Waals surface area (Å²) in [6.45, 7) is 4.86. The van der Waals surface area contributed by atoms with E-state index in [0.717, 1.165) is 44.9 Å². The predicted molar refractivity (Wildman–Crippen MR) is 355 cm³/mol. The molecule has 0 saturated carbocycles. The first-order valence-corrected chi connectivity index (χ1v) is 37.0. The van der Waals surface area contributed by atoms with Crippen molar-refractivity contribution in [1.82, 2.24) is 5.32 Å². The monoisotopic (exact) mass is 1160 g/mol. The van der Waals surface area contributed by atoms with E-state index in [1.165, 1.54) is 289 Å². The fourth-order valence-electron chi connectivity index (χ4n) is 10.8. The number of likely N-dealkylation sites (N-methyl/N-ethyl adjacent to an activating group) is 1. The number of nitrogens with zero attached hydrogens (tertiary/aromatic N) is 1. The molecule has 3 atom stereocenters. The van der Waals surface area contributed by atoms with Gasteiger partial charge in [0.1, 0.15) is 13.2 Å². The normalized spacial score (nSPS) is 13.9. The third-order valence-corrected chi connectivity index (χ3v) is 17.3. The number of allylic oxidation sites excluding steroid dienone is 7. The van der Waals surface area contributed by atoms with E-state index in [1.54, 1.807) is 6.08 Å². The quantitative estimate of drug-likeness (QED) is 0.0243. The zero-order chi connectivity index (χ0) is 59.1. The number of phosphoric acid groups is 1. The number of carbonyl (C=O) groups is 1. The standard InChI is InChI=1S/C72H139N2O6P/c1-6-8-10-12-14-16-18-20-22-24-26-28-30-31-32-33-34-35-36-37-38-39-40-41-42-43-44-46-48-50-52-54-56-58-60-62-64-66-72(76)73-70(69-80-81(77,78)79-68-67-74(3,4)5)71(75)65-63-61-59-57-55-53-51-49-47-45-29-27-25-23-21-19-17-15-13-11-9-7-2/h18,20,24,26,30-31,63,65,70-71,75H,6-17,19,21-23,25,27-29,32-62,64,66-69H2,1-5H3,(H-,73,76,77,78)/p+1/b20-18-,26-24-,31-30-,65-63+. The van der Waals surface area contributed by atoms with Crippen molar-refractivity contribution in [1.29, 1.82) is 0 Å². The number of phosphoric ester groups is 1. The van der Waals surface area contributed by atoms with E-state index >= 15 is 0 Å². The number of rotatable bonds is 66. The highest BCUT2D eigenvalue weighted by Gasteiger charge is 2.28. The maximum atomic E-state index is 13.1. The van der Waals surface area contributed by atoms with Crippen LogP contribution in [-0.4, -0.2) is 73.4 Å². The van der Waals surface area contributed by atoms with Crippen LogP contribution < -0.4 is 5.32 Å². The van der Waals surface area contributed by atoms with Crippen molar-refractivity contribution in [3.8, 4) is 0 Å². The van der Waals surface area contributed by atoms with Gasteiger partial charge in [-0.15, -0.1) is 0 Å². The molecule has 0 saturated heterocycles. The Morgan fingerprint density at radius 1 is 0.420 bits per heavy atom. The molecule has 0 aliphatic rings. The third-order valence-electron chi connectivity index (χ3n) is 16.3. The van der Waals surface area contributed by atoms with Crippen LogP contribution in [-0.2, 0) is 18.4 Å². The summed E-state index contributed by atoms with van der Waals surface area (Å²) in [7, 11) is 1.59. The van der Waals surface area contributed by atoms with Crippen LogP contribution >= 0.6 is 7.82 Å². The van der Waals surface area contributed by atoms with Gasteiger partial charge in [0.2, 0.25) is 5.91 Å². The average molecular weight is 1160 g/mol. The summed E-state index contributed by atoms with van der Waals surface area (Å²) in [5.41, 5.74) is 0. The van der Waals surface area contributed by atoms with Gasteiger partial charge in [0.25, 0.3) is 0 Å². The molecule has 0 aromatic carbocycles. The maximum absolute atomic E-state index is 13.1. The smallest absolute Gasteiger partial charge is 0.387 e. The molecule has 0 heterocycles. The fourth-order valence-corrected chi connectivity index (χ4v) is 11.5. The molecule has 9 heteroatoms. The first kappa shape index (κ1) is 79.5. The number of unbranched alkanes of at least 4 members (excludes halogenated alkanes) is 47. The van der Waals surface area contributed by atoms with Crippen LogP contribution in [0.15, 0.2) is 48.6 Å². The van der Waals surface area contributed by atoms with Gasteiger partial charge in [0, 0.05) is 6.42 Å². The summed E-state index contributed by atoms with van der Waals surface area (Å²) in [6.07, 6.45) is 85.5. The number of hydrogen-bond acceptors (Lipinski definition) is 5. The molecule has 0 aliphatic heterocycles. The maximum Gasteiger partial charge on any atom is 0.472 e. The first-order chi connectivity index (χ1) is 39.5. The minimum absolute atomic E-state index is 0.0632. The minimum Gasteiger partial charge on any atom is -0.387 e. The summed E-state index contributed by atoms with van der Waals surface area (Å²) in [5.74, 6) is -0.170. The molecule has 0 rings (SSSR count). The Kier molecular flexibility index (Phi) is 61.8. The summed E-state index contributed by atoms with van der Waals surface area (Å²) in [4.78, 5) is 23.4. The van der Waals surface area contributed by atoms with Gasteiger partial charge in [-0.25, -0.2) is 4.57 Å². The number of hydrogen-bond donors (Lipinski definition) is 3. The molecule has 81 heavy (non-hydrogen) atoms. The van der Waals surface area contributed by atoms with Crippen LogP contribution in [0.1, 0.15) is 354 Å². The number of aliphatic hydroxyl groups excluding tert-OH is 1.